The Bertz CT molecular complexity index is 440. The van der Waals surface area contributed by atoms with Crippen molar-refractivity contribution >= 4 is 15.9 Å². The standard InChI is InChI=1S/C16H17BrO/c1-3-12-4-6-13(7-5-12)16(17)14-8-10-15(18-2)11-9-14/h4-11,16H,3H2,1-2H3. The van der Waals surface area contributed by atoms with Gasteiger partial charge in [-0.25, -0.2) is 0 Å². The Balaban J connectivity index is 2.20. The number of ether oxygens (including phenoxy) is 1. The highest BCUT2D eigenvalue weighted by Gasteiger charge is 2.09. The fraction of sp³-hybridized carbons (Fsp3) is 0.250. The molecule has 1 nitrogen and oxygen atoms in total. The highest BCUT2D eigenvalue weighted by molar-refractivity contribution is 9.09. The van der Waals surface area contributed by atoms with Crippen molar-refractivity contribution in [2.45, 2.75) is 18.2 Å². The highest BCUT2D eigenvalue weighted by Crippen LogP contribution is 2.31. The van der Waals surface area contributed by atoms with E-state index in [1.54, 1.807) is 7.11 Å². The van der Waals surface area contributed by atoms with Crippen LogP contribution in [0.4, 0.5) is 0 Å². The maximum atomic E-state index is 5.17. The van der Waals surface area contributed by atoms with Gasteiger partial charge in [-0.3, -0.25) is 0 Å². The summed E-state index contributed by atoms with van der Waals surface area (Å²) in [6, 6.07) is 16.9. The van der Waals surface area contributed by atoms with Gasteiger partial charge in [0.15, 0.2) is 0 Å². The lowest BCUT2D eigenvalue weighted by molar-refractivity contribution is 0.414. The Labute approximate surface area is 117 Å². The van der Waals surface area contributed by atoms with Crippen molar-refractivity contribution in [3.05, 3.63) is 65.2 Å². The van der Waals surface area contributed by atoms with E-state index >= 15 is 0 Å². The van der Waals surface area contributed by atoms with Crippen molar-refractivity contribution < 1.29 is 4.74 Å². The van der Waals surface area contributed by atoms with Crippen LogP contribution < -0.4 is 4.74 Å². The first-order valence-electron chi connectivity index (χ1n) is 6.11. The van der Waals surface area contributed by atoms with Crippen LogP contribution in [0.25, 0.3) is 0 Å². The Morgan fingerprint density at radius 3 is 1.89 bits per heavy atom. The molecule has 2 aromatic carbocycles. The summed E-state index contributed by atoms with van der Waals surface area (Å²) < 4.78 is 5.17. The molecule has 0 aliphatic rings. The van der Waals surface area contributed by atoms with Crippen LogP contribution in [0, 0.1) is 0 Å². The number of alkyl halides is 1. The van der Waals surface area contributed by atoms with Gasteiger partial charge in [0.25, 0.3) is 0 Å². The van der Waals surface area contributed by atoms with Gasteiger partial charge in [-0.05, 0) is 35.2 Å². The van der Waals surface area contributed by atoms with E-state index in [0.29, 0.717) is 0 Å². The maximum absolute atomic E-state index is 5.17. The van der Waals surface area contributed by atoms with Crippen LogP contribution >= 0.6 is 15.9 Å². The molecule has 0 bridgehead atoms. The first kappa shape index (κ1) is 13.2. The average molecular weight is 305 g/mol. The molecule has 0 heterocycles. The van der Waals surface area contributed by atoms with E-state index in [1.807, 2.05) is 12.1 Å². The summed E-state index contributed by atoms with van der Waals surface area (Å²) >= 11 is 3.75. The summed E-state index contributed by atoms with van der Waals surface area (Å²) in [5.41, 5.74) is 3.88. The lowest BCUT2D eigenvalue weighted by atomic mass is 10.0. The van der Waals surface area contributed by atoms with Gasteiger partial charge in [0.05, 0.1) is 11.9 Å². The third kappa shape index (κ3) is 2.94. The highest BCUT2D eigenvalue weighted by atomic mass is 79.9. The Hall–Kier alpha value is -1.28. The molecule has 0 fully saturated rings. The normalized spacial score (nSPS) is 12.2. The monoisotopic (exact) mass is 304 g/mol. The van der Waals surface area contributed by atoms with Crippen LogP contribution in [0.3, 0.4) is 0 Å². The predicted molar refractivity (Wildman–Crippen MR) is 79.6 cm³/mol. The topological polar surface area (TPSA) is 9.23 Å². The minimum Gasteiger partial charge on any atom is -0.497 e. The van der Waals surface area contributed by atoms with Gasteiger partial charge in [0.2, 0.25) is 0 Å². The number of hydrogen-bond donors (Lipinski definition) is 0. The number of methoxy groups -OCH3 is 1. The van der Waals surface area contributed by atoms with E-state index in [0.717, 1.165) is 12.2 Å². The van der Waals surface area contributed by atoms with E-state index in [1.165, 1.54) is 16.7 Å². The molecule has 2 heteroatoms. The van der Waals surface area contributed by atoms with Gasteiger partial charge in [-0.1, -0.05) is 59.3 Å². The molecule has 0 aliphatic heterocycles. The number of rotatable bonds is 4. The molecule has 0 aliphatic carbocycles. The summed E-state index contributed by atoms with van der Waals surface area (Å²) in [4.78, 5) is 0.231. The van der Waals surface area contributed by atoms with Gasteiger partial charge < -0.3 is 4.74 Å². The van der Waals surface area contributed by atoms with Crippen LogP contribution in [0.5, 0.6) is 5.75 Å². The number of halogens is 1. The average Bonchev–Trinajstić information content (AvgIpc) is 2.47. The van der Waals surface area contributed by atoms with Crippen LogP contribution in [0.15, 0.2) is 48.5 Å². The van der Waals surface area contributed by atoms with Gasteiger partial charge in [0.1, 0.15) is 5.75 Å². The third-order valence-electron chi connectivity index (χ3n) is 3.09. The molecular weight excluding hydrogens is 288 g/mol. The summed E-state index contributed by atoms with van der Waals surface area (Å²) in [6.45, 7) is 2.17. The molecule has 0 aromatic heterocycles. The van der Waals surface area contributed by atoms with Crippen molar-refractivity contribution in [1.29, 1.82) is 0 Å². The largest absolute Gasteiger partial charge is 0.497 e. The Kier molecular flexibility index (Phi) is 4.43. The number of hydrogen-bond acceptors (Lipinski definition) is 1. The number of benzene rings is 2. The molecular formula is C16H17BrO. The predicted octanol–water partition coefficient (Wildman–Crippen LogP) is 4.74. The van der Waals surface area contributed by atoms with E-state index in [9.17, 15) is 0 Å². The molecule has 2 rings (SSSR count). The molecule has 2 aromatic rings. The molecule has 0 saturated carbocycles. The second kappa shape index (κ2) is 6.05. The molecule has 0 amide bonds. The van der Waals surface area contributed by atoms with Gasteiger partial charge >= 0.3 is 0 Å². The Morgan fingerprint density at radius 2 is 1.44 bits per heavy atom. The van der Waals surface area contributed by atoms with Gasteiger partial charge in [-0.2, -0.15) is 0 Å². The van der Waals surface area contributed by atoms with Gasteiger partial charge in [-0.15, -0.1) is 0 Å². The SMILES string of the molecule is CCc1ccc(C(Br)c2ccc(OC)cc2)cc1. The molecule has 0 radical (unpaired) electrons. The molecule has 0 saturated heterocycles. The lowest BCUT2D eigenvalue weighted by Crippen LogP contribution is -1.93. The van der Waals surface area contributed by atoms with Crippen molar-refractivity contribution in [2.24, 2.45) is 0 Å². The molecule has 1 atom stereocenters. The van der Waals surface area contributed by atoms with Crippen molar-refractivity contribution in [1.82, 2.24) is 0 Å². The number of aryl methyl sites for hydroxylation is 1. The van der Waals surface area contributed by atoms with Crippen LogP contribution in [0.2, 0.25) is 0 Å². The maximum Gasteiger partial charge on any atom is 0.118 e. The fourth-order valence-electron chi connectivity index (χ4n) is 1.89. The molecule has 0 spiro atoms. The molecule has 94 valence electrons. The smallest absolute Gasteiger partial charge is 0.118 e. The van der Waals surface area contributed by atoms with E-state index in [4.69, 9.17) is 4.74 Å². The molecule has 18 heavy (non-hydrogen) atoms. The zero-order valence-corrected chi connectivity index (χ0v) is 12.3. The van der Waals surface area contributed by atoms with E-state index in [2.05, 4.69) is 59.3 Å². The van der Waals surface area contributed by atoms with Crippen LogP contribution in [0.1, 0.15) is 28.4 Å². The molecule has 0 N–H and O–H groups in total. The first-order chi connectivity index (χ1) is 8.74. The first-order valence-corrected chi connectivity index (χ1v) is 7.03. The minimum atomic E-state index is 0.231. The Morgan fingerprint density at radius 1 is 0.944 bits per heavy atom. The summed E-state index contributed by atoms with van der Waals surface area (Å²) in [5, 5.41) is 0. The quantitative estimate of drug-likeness (QED) is 0.741. The lowest BCUT2D eigenvalue weighted by Gasteiger charge is -2.12. The zero-order chi connectivity index (χ0) is 13.0. The second-order valence-electron chi connectivity index (χ2n) is 4.23. The van der Waals surface area contributed by atoms with Gasteiger partial charge in [0, 0.05) is 0 Å². The summed E-state index contributed by atoms with van der Waals surface area (Å²) in [6.07, 6.45) is 1.08. The third-order valence-corrected chi connectivity index (χ3v) is 4.15. The summed E-state index contributed by atoms with van der Waals surface area (Å²) in [7, 11) is 1.68. The van der Waals surface area contributed by atoms with Crippen molar-refractivity contribution in [3.8, 4) is 5.75 Å². The van der Waals surface area contributed by atoms with Crippen molar-refractivity contribution in [3.63, 3.8) is 0 Å². The minimum absolute atomic E-state index is 0.231. The zero-order valence-electron chi connectivity index (χ0n) is 10.7. The fourth-order valence-corrected chi connectivity index (χ4v) is 2.50. The van der Waals surface area contributed by atoms with Crippen LogP contribution in [-0.2, 0) is 6.42 Å². The van der Waals surface area contributed by atoms with Crippen molar-refractivity contribution in [2.75, 3.05) is 7.11 Å². The molecule has 1 unspecified atom stereocenters. The van der Waals surface area contributed by atoms with E-state index < -0.39 is 0 Å². The second-order valence-corrected chi connectivity index (χ2v) is 5.15. The van der Waals surface area contributed by atoms with E-state index in [-0.39, 0.29) is 4.83 Å². The van der Waals surface area contributed by atoms with Crippen LogP contribution in [-0.4, -0.2) is 7.11 Å². The summed E-state index contributed by atoms with van der Waals surface area (Å²) in [5.74, 6) is 0.889.